The zero-order valence-electron chi connectivity index (χ0n) is 10.6. The minimum Gasteiger partial charge on any atom is -0.396 e. The molecule has 0 fully saturated rings. The molecule has 1 N–H and O–H groups in total. The van der Waals surface area contributed by atoms with Gasteiger partial charge in [0, 0.05) is 33.5 Å². The first kappa shape index (κ1) is 14.9. The van der Waals surface area contributed by atoms with Crippen molar-refractivity contribution in [1.29, 1.82) is 0 Å². The van der Waals surface area contributed by atoms with Crippen molar-refractivity contribution < 1.29 is 14.6 Å². The smallest absolute Gasteiger partial charge is 0.0488 e. The predicted molar refractivity (Wildman–Crippen MR) is 62.0 cm³/mol. The zero-order chi connectivity index (χ0) is 11.7. The van der Waals surface area contributed by atoms with Gasteiger partial charge in [-0.2, -0.15) is 0 Å². The number of hydrogen-bond acceptors (Lipinski definition) is 3. The molecule has 0 saturated heterocycles. The third kappa shape index (κ3) is 6.13. The van der Waals surface area contributed by atoms with E-state index in [0.717, 1.165) is 32.7 Å². The minimum absolute atomic E-state index is 0.0126. The standard InChI is InChI=1S/C12H26O3/c1-11(2)12(3,10-13)6-9-15-8-5-7-14-4/h11,13H,5-10H2,1-4H3. The van der Waals surface area contributed by atoms with Crippen LogP contribution in [0.15, 0.2) is 0 Å². The Morgan fingerprint density at radius 3 is 2.33 bits per heavy atom. The van der Waals surface area contributed by atoms with Crippen LogP contribution in [0.5, 0.6) is 0 Å². The van der Waals surface area contributed by atoms with E-state index in [-0.39, 0.29) is 12.0 Å². The number of methoxy groups -OCH3 is 1. The average molecular weight is 218 g/mol. The predicted octanol–water partition coefficient (Wildman–Crippen LogP) is 2.08. The summed E-state index contributed by atoms with van der Waals surface area (Å²) in [7, 11) is 1.70. The highest BCUT2D eigenvalue weighted by Gasteiger charge is 2.26. The second kappa shape index (κ2) is 8.08. The molecule has 0 amide bonds. The van der Waals surface area contributed by atoms with Gasteiger partial charge in [-0.25, -0.2) is 0 Å². The summed E-state index contributed by atoms with van der Waals surface area (Å²) in [5, 5.41) is 9.32. The van der Waals surface area contributed by atoms with E-state index in [9.17, 15) is 5.11 Å². The van der Waals surface area contributed by atoms with Crippen molar-refractivity contribution in [1.82, 2.24) is 0 Å². The monoisotopic (exact) mass is 218 g/mol. The van der Waals surface area contributed by atoms with Crippen LogP contribution in [-0.2, 0) is 9.47 Å². The van der Waals surface area contributed by atoms with Crippen LogP contribution in [0.4, 0.5) is 0 Å². The summed E-state index contributed by atoms with van der Waals surface area (Å²) >= 11 is 0. The van der Waals surface area contributed by atoms with Crippen LogP contribution in [0.2, 0.25) is 0 Å². The fourth-order valence-electron chi connectivity index (χ4n) is 1.26. The Labute approximate surface area is 93.8 Å². The van der Waals surface area contributed by atoms with Gasteiger partial charge in [0.2, 0.25) is 0 Å². The summed E-state index contributed by atoms with van der Waals surface area (Å²) in [6.07, 6.45) is 1.85. The third-order valence-electron chi connectivity index (χ3n) is 3.21. The Bertz CT molecular complexity index is 148. The molecule has 3 heteroatoms. The topological polar surface area (TPSA) is 38.7 Å². The van der Waals surface area contributed by atoms with E-state index in [4.69, 9.17) is 9.47 Å². The Morgan fingerprint density at radius 1 is 1.20 bits per heavy atom. The van der Waals surface area contributed by atoms with Gasteiger partial charge in [0.15, 0.2) is 0 Å². The average Bonchev–Trinajstić information content (AvgIpc) is 2.22. The first-order valence-corrected chi connectivity index (χ1v) is 5.74. The third-order valence-corrected chi connectivity index (χ3v) is 3.21. The number of ether oxygens (including phenoxy) is 2. The van der Waals surface area contributed by atoms with Gasteiger partial charge in [0.1, 0.15) is 0 Å². The molecule has 1 atom stereocenters. The van der Waals surface area contributed by atoms with Gasteiger partial charge in [0.05, 0.1) is 0 Å². The highest BCUT2D eigenvalue weighted by atomic mass is 16.5. The van der Waals surface area contributed by atoms with Crippen molar-refractivity contribution >= 4 is 0 Å². The van der Waals surface area contributed by atoms with Gasteiger partial charge >= 0.3 is 0 Å². The van der Waals surface area contributed by atoms with Crippen LogP contribution in [0, 0.1) is 11.3 Å². The Kier molecular flexibility index (Phi) is 8.02. The molecular weight excluding hydrogens is 192 g/mol. The van der Waals surface area contributed by atoms with Crippen molar-refractivity contribution in [3.63, 3.8) is 0 Å². The molecule has 0 aromatic heterocycles. The molecule has 15 heavy (non-hydrogen) atoms. The molecule has 0 bridgehead atoms. The highest BCUT2D eigenvalue weighted by Crippen LogP contribution is 2.30. The molecule has 1 unspecified atom stereocenters. The van der Waals surface area contributed by atoms with Crippen molar-refractivity contribution in [2.45, 2.75) is 33.6 Å². The van der Waals surface area contributed by atoms with E-state index in [1.165, 1.54) is 0 Å². The van der Waals surface area contributed by atoms with Gasteiger partial charge in [0.25, 0.3) is 0 Å². The molecule has 0 spiro atoms. The van der Waals surface area contributed by atoms with Gasteiger partial charge in [-0.15, -0.1) is 0 Å². The fourth-order valence-corrected chi connectivity index (χ4v) is 1.26. The lowest BCUT2D eigenvalue weighted by molar-refractivity contribution is 0.0337. The summed E-state index contributed by atoms with van der Waals surface area (Å²) in [5.74, 6) is 0.477. The second-order valence-electron chi connectivity index (χ2n) is 4.68. The highest BCUT2D eigenvalue weighted by molar-refractivity contribution is 4.76. The van der Waals surface area contributed by atoms with E-state index in [2.05, 4.69) is 20.8 Å². The molecule has 0 aliphatic carbocycles. The van der Waals surface area contributed by atoms with Crippen molar-refractivity contribution in [2.24, 2.45) is 11.3 Å². The number of rotatable bonds is 9. The molecule has 0 rings (SSSR count). The first-order valence-electron chi connectivity index (χ1n) is 5.74. The summed E-state index contributed by atoms with van der Waals surface area (Å²) in [5.41, 5.74) is -0.0126. The molecule has 0 radical (unpaired) electrons. The molecule has 92 valence electrons. The van der Waals surface area contributed by atoms with Gasteiger partial charge in [-0.3, -0.25) is 0 Å². The van der Waals surface area contributed by atoms with Crippen molar-refractivity contribution in [3.05, 3.63) is 0 Å². The van der Waals surface area contributed by atoms with Gasteiger partial charge in [-0.1, -0.05) is 20.8 Å². The Balaban J connectivity index is 3.55. The minimum atomic E-state index is -0.0126. The Morgan fingerprint density at radius 2 is 1.87 bits per heavy atom. The lowest BCUT2D eigenvalue weighted by atomic mass is 9.77. The number of hydrogen-bond donors (Lipinski definition) is 1. The molecule has 0 saturated carbocycles. The number of aliphatic hydroxyl groups is 1. The molecule has 0 aliphatic heterocycles. The molecule has 0 aromatic rings. The van der Waals surface area contributed by atoms with Gasteiger partial charge in [-0.05, 0) is 24.2 Å². The van der Waals surface area contributed by atoms with Crippen LogP contribution in [0.1, 0.15) is 33.6 Å². The fraction of sp³-hybridized carbons (Fsp3) is 1.00. The van der Waals surface area contributed by atoms with E-state index in [1.54, 1.807) is 7.11 Å². The maximum absolute atomic E-state index is 9.32. The second-order valence-corrected chi connectivity index (χ2v) is 4.68. The summed E-state index contributed by atoms with van der Waals surface area (Å²) < 4.78 is 10.4. The molecule has 0 aromatic carbocycles. The van der Waals surface area contributed by atoms with Crippen LogP contribution >= 0.6 is 0 Å². The van der Waals surface area contributed by atoms with Crippen LogP contribution < -0.4 is 0 Å². The van der Waals surface area contributed by atoms with Gasteiger partial charge < -0.3 is 14.6 Å². The normalized spacial score (nSPS) is 15.6. The summed E-state index contributed by atoms with van der Waals surface area (Å²) in [6, 6.07) is 0. The first-order chi connectivity index (χ1) is 7.06. The molecular formula is C12H26O3. The molecule has 0 heterocycles. The lowest BCUT2D eigenvalue weighted by Crippen LogP contribution is -2.29. The van der Waals surface area contributed by atoms with E-state index < -0.39 is 0 Å². The summed E-state index contributed by atoms with van der Waals surface area (Å²) in [6.45, 7) is 8.83. The Hall–Kier alpha value is -0.120. The molecule has 3 nitrogen and oxygen atoms in total. The van der Waals surface area contributed by atoms with Crippen LogP contribution in [-0.4, -0.2) is 38.6 Å². The maximum atomic E-state index is 9.32. The SMILES string of the molecule is COCCCOCCC(C)(CO)C(C)C. The number of aliphatic hydroxyl groups excluding tert-OH is 1. The van der Waals surface area contributed by atoms with Crippen molar-refractivity contribution in [3.8, 4) is 0 Å². The van der Waals surface area contributed by atoms with Crippen molar-refractivity contribution in [2.75, 3.05) is 33.5 Å². The van der Waals surface area contributed by atoms with E-state index in [1.807, 2.05) is 0 Å². The van der Waals surface area contributed by atoms with Crippen LogP contribution in [0.25, 0.3) is 0 Å². The lowest BCUT2D eigenvalue weighted by Gasteiger charge is -2.31. The largest absolute Gasteiger partial charge is 0.396 e. The quantitative estimate of drug-likeness (QED) is 0.602. The van der Waals surface area contributed by atoms with E-state index in [0.29, 0.717) is 5.92 Å². The molecule has 0 aliphatic rings. The zero-order valence-corrected chi connectivity index (χ0v) is 10.6. The van der Waals surface area contributed by atoms with E-state index >= 15 is 0 Å². The summed E-state index contributed by atoms with van der Waals surface area (Å²) in [4.78, 5) is 0. The van der Waals surface area contributed by atoms with Crippen LogP contribution in [0.3, 0.4) is 0 Å². The maximum Gasteiger partial charge on any atom is 0.0488 e.